The lowest BCUT2D eigenvalue weighted by molar-refractivity contribution is -0.135. The van der Waals surface area contributed by atoms with Gasteiger partial charge in [-0.25, -0.2) is 0 Å². The summed E-state index contributed by atoms with van der Waals surface area (Å²) in [7, 11) is 0. The van der Waals surface area contributed by atoms with Crippen molar-refractivity contribution < 1.29 is 9.90 Å². The van der Waals surface area contributed by atoms with Gasteiger partial charge in [-0.15, -0.1) is 0 Å². The van der Waals surface area contributed by atoms with Crippen LogP contribution in [-0.4, -0.2) is 11.1 Å². The van der Waals surface area contributed by atoms with Gasteiger partial charge < -0.3 is 10.8 Å². The van der Waals surface area contributed by atoms with Gasteiger partial charge in [0, 0.05) is 11.3 Å². The maximum absolute atomic E-state index is 10.3. The number of hydrogen-bond acceptors (Lipinski definition) is 2. The maximum Gasteiger partial charge on any atom is 0.315 e. The first-order valence-corrected chi connectivity index (χ1v) is 5.15. The second kappa shape index (κ2) is 4.58. The summed E-state index contributed by atoms with van der Waals surface area (Å²) in [5.74, 6) is 4.51. The zero-order valence-corrected chi connectivity index (χ0v) is 9.10. The van der Waals surface area contributed by atoms with Crippen molar-refractivity contribution in [3.05, 3.63) is 42.0 Å². The van der Waals surface area contributed by atoms with Crippen LogP contribution in [0.25, 0.3) is 10.8 Å². The number of nitrogens with two attached hydrogens (primary N) is 1. The molecule has 2 aromatic carbocycles. The third kappa shape index (κ3) is 2.76. The highest BCUT2D eigenvalue weighted by Gasteiger charge is 1.95. The Kier molecular flexibility index (Phi) is 2.97. The third-order valence-electron chi connectivity index (χ3n) is 2.34. The summed E-state index contributed by atoms with van der Waals surface area (Å²) in [5, 5.41) is 10.6. The van der Waals surface area contributed by atoms with Gasteiger partial charge in [0.2, 0.25) is 0 Å². The van der Waals surface area contributed by atoms with Crippen molar-refractivity contribution in [1.29, 1.82) is 0 Å². The molecule has 0 aliphatic heterocycles. The zero-order chi connectivity index (χ0) is 12.3. The second-order valence-electron chi connectivity index (χ2n) is 3.69. The first-order valence-electron chi connectivity index (χ1n) is 5.15. The van der Waals surface area contributed by atoms with Crippen LogP contribution in [0.3, 0.4) is 0 Å². The maximum atomic E-state index is 10.3. The molecule has 0 fully saturated rings. The number of aliphatic carboxylic acids is 1. The van der Waals surface area contributed by atoms with Gasteiger partial charge >= 0.3 is 5.97 Å². The minimum absolute atomic E-state index is 0.139. The number of carbonyl (C=O) groups is 1. The molecular weight excluding hydrogens is 214 g/mol. The molecule has 0 aliphatic carbocycles. The Morgan fingerprint density at radius 3 is 2.65 bits per heavy atom. The summed E-state index contributed by atoms with van der Waals surface area (Å²) >= 11 is 0. The molecule has 0 spiro atoms. The molecule has 0 radical (unpaired) electrons. The summed E-state index contributed by atoms with van der Waals surface area (Å²) < 4.78 is 0. The molecule has 0 amide bonds. The highest BCUT2D eigenvalue weighted by molar-refractivity contribution is 5.86. The van der Waals surface area contributed by atoms with Crippen molar-refractivity contribution in [3.63, 3.8) is 0 Å². The lowest BCUT2D eigenvalue weighted by atomic mass is 10.1. The third-order valence-corrected chi connectivity index (χ3v) is 2.34. The Morgan fingerprint density at radius 1 is 1.18 bits per heavy atom. The number of carboxylic acids is 1. The normalized spacial score (nSPS) is 9.65. The SMILES string of the molecule is Nc1ccc2cc(C#CCC(=O)O)ccc2c1. The predicted octanol–water partition coefficient (Wildman–Crippen LogP) is 2.25. The first-order chi connectivity index (χ1) is 8.15. The van der Waals surface area contributed by atoms with Crippen molar-refractivity contribution in [2.24, 2.45) is 0 Å². The number of nitrogen functional groups attached to an aromatic ring is 1. The molecule has 17 heavy (non-hydrogen) atoms. The molecule has 0 bridgehead atoms. The molecule has 0 atom stereocenters. The smallest absolute Gasteiger partial charge is 0.315 e. The average molecular weight is 225 g/mol. The standard InChI is InChI=1S/C14H11NO2/c15-13-7-6-11-8-10(2-1-3-14(16)17)4-5-12(11)9-13/h4-9H,3,15H2,(H,16,17). The van der Waals surface area contributed by atoms with Gasteiger partial charge in [-0.3, -0.25) is 4.79 Å². The van der Waals surface area contributed by atoms with E-state index in [1.165, 1.54) is 0 Å². The molecule has 0 heterocycles. The highest BCUT2D eigenvalue weighted by atomic mass is 16.4. The van der Waals surface area contributed by atoms with Crippen molar-refractivity contribution in [2.75, 3.05) is 5.73 Å². The van der Waals surface area contributed by atoms with E-state index in [4.69, 9.17) is 10.8 Å². The molecule has 0 unspecified atom stereocenters. The number of benzene rings is 2. The zero-order valence-electron chi connectivity index (χ0n) is 9.10. The lowest BCUT2D eigenvalue weighted by Gasteiger charge is -1.99. The van der Waals surface area contributed by atoms with Gasteiger partial charge in [-0.1, -0.05) is 24.0 Å². The molecule has 3 heteroatoms. The number of anilines is 1. The number of carboxylic acid groups (broad SMARTS) is 1. The van der Waals surface area contributed by atoms with Gasteiger partial charge in [-0.05, 0) is 35.0 Å². The Balaban J connectivity index is 2.34. The molecule has 2 aromatic rings. The van der Waals surface area contributed by atoms with Crippen molar-refractivity contribution in [3.8, 4) is 11.8 Å². The highest BCUT2D eigenvalue weighted by Crippen LogP contribution is 2.18. The van der Waals surface area contributed by atoms with Gasteiger partial charge in [0.1, 0.15) is 6.42 Å². The largest absolute Gasteiger partial charge is 0.481 e. The average Bonchev–Trinajstić information content (AvgIpc) is 2.29. The van der Waals surface area contributed by atoms with Crippen LogP contribution in [0.1, 0.15) is 12.0 Å². The van der Waals surface area contributed by atoms with E-state index in [0.29, 0.717) is 0 Å². The van der Waals surface area contributed by atoms with Crippen LogP contribution in [-0.2, 0) is 4.79 Å². The monoisotopic (exact) mass is 225 g/mol. The molecule has 2 rings (SSSR count). The van der Waals surface area contributed by atoms with E-state index in [1.807, 2.05) is 36.4 Å². The van der Waals surface area contributed by atoms with Crippen molar-refractivity contribution >= 4 is 22.4 Å². The van der Waals surface area contributed by atoms with E-state index in [0.717, 1.165) is 22.0 Å². The molecule has 0 aromatic heterocycles. The van der Waals surface area contributed by atoms with Crippen LogP contribution < -0.4 is 5.73 Å². The van der Waals surface area contributed by atoms with Crippen LogP contribution in [0.4, 0.5) is 5.69 Å². The molecule has 3 nitrogen and oxygen atoms in total. The Labute approximate surface area is 98.9 Å². The molecular formula is C14H11NO2. The molecule has 3 N–H and O–H groups in total. The fourth-order valence-electron chi connectivity index (χ4n) is 1.56. The van der Waals surface area contributed by atoms with E-state index >= 15 is 0 Å². The van der Waals surface area contributed by atoms with E-state index < -0.39 is 5.97 Å². The summed E-state index contributed by atoms with van der Waals surface area (Å²) in [4.78, 5) is 10.3. The minimum atomic E-state index is -0.911. The van der Waals surface area contributed by atoms with Gasteiger partial charge in [-0.2, -0.15) is 0 Å². The Morgan fingerprint density at radius 2 is 1.88 bits per heavy atom. The van der Waals surface area contributed by atoms with Crippen LogP contribution >= 0.6 is 0 Å². The minimum Gasteiger partial charge on any atom is -0.481 e. The van der Waals surface area contributed by atoms with Crippen molar-refractivity contribution in [2.45, 2.75) is 6.42 Å². The van der Waals surface area contributed by atoms with Gasteiger partial charge in [0.25, 0.3) is 0 Å². The fourth-order valence-corrected chi connectivity index (χ4v) is 1.56. The molecule has 84 valence electrons. The van der Waals surface area contributed by atoms with Gasteiger partial charge in [0.15, 0.2) is 0 Å². The lowest BCUT2D eigenvalue weighted by Crippen LogP contribution is -1.90. The summed E-state index contributed by atoms with van der Waals surface area (Å²) in [6, 6.07) is 11.4. The van der Waals surface area contributed by atoms with Crippen LogP contribution in [0.2, 0.25) is 0 Å². The van der Waals surface area contributed by atoms with Crippen LogP contribution in [0.5, 0.6) is 0 Å². The van der Waals surface area contributed by atoms with Gasteiger partial charge in [0.05, 0.1) is 0 Å². The predicted molar refractivity (Wildman–Crippen MR) is 67.5 cm³/mol. The van der Waals surface area contributed by atoms with Crippen LogP contribution in [0, 0.1) is 11.8 Å². The topological polar surface area (TPSA) is 63.3 Å². The fraction of sp³-hybridized carbons (Fsp3) is 0.0714. The second-order valence-corrected chi connectivity index (χ2v) is 3.69. The number of hydrogen-bond donors (Lipinski definition) is 2. The quantitative estimate of drug-likeness (QED) is 0.578. The Bertz CT molecular complexity index is 635. The van der Waals surface area contributed by atoms with E-state index in [1.54, 1.807) is 0 Å². The van der Waals surface area contributed by atoms with Crippen molar-refractivity contribution in [1.82, 2.24) is 0 Å². The van der Waals surface area contributed by atoms with Crippen LogP contribution in [0.15, 0.2) is 36.4 Å². The molecule has 0 saturated carbocycles. The first kappa shape index (κ1) is 11.0. The Hall–Kier alpha value is -2.47. The molecule has 0 saturated heterocycles. The van der Waals surface area contributed by atoms with E-state index in [2.05, 4.69) is 11.8 Å². The number of fused-ring (bicyclic) bond motifs is 1. The molecule has 0 aliphatic rings. The number of rotatable bonds is 1. The van der Waals surface area contributed by atoms with E-state index in [-0.39, 0.29) is 6.42 Å². The summed E-state index contributed by atoms with van der Waals surface area (Å²) in [6.07, 6.45) is -0.139. The summed E-state index contributed by atoms with van der Waals surface area (Å²) in [6.45, 7) is 0. The van der Waals surface area contributed by atoms with E-state index in [9.17, 15) is 4.79 Å². The summed E-state index contributed by atoms with van der Waals surface area (Å²) in [5.41, 5.74) is 7.22.